The molecule has 3 amide bonds. The predicted octanol–water partition coefficient (Wildman–Crippen LogP) is 1.79. The van der Waals surface area contributed by atoms with Crippen LogP contribution in [0, 0.1) is 0 Å². The van der Waals surface area contributed by atoms with E-state index in [0.717, 1.165) is 44.9 Å². The fourth-order valence-corrected chi connectivity index (χ4v) is 5.20. The highest BCUT2D eigenvalue weighted by Crippen LogP contribution is 2.21. The van der Waals surface area contributed by atoms with Crippen LogP contribution in [0.3, 0.4) is 0 Å². The number of ether oxygens (including phenoxy) is 1. The molecule has 2 N–H and O–H groups in total. The smallest absolute Gasteiger partial charge is 0.338 e. The van der Waals surface area contributed by atoms with Crippen molar-refractivity contribution in [3.63, 3.8) is 0 Å². The van der Waals surface area contributed by atoms with Crippen LogP contribution in [0.5, 0.6) is 0 Å². The lowest BCUT2D eigenvalue weighted by Crippen LogP contribution is -2.44. The maximum absolute atomic E-state index is 12.6. The summed E-state index contributed by atoms with van der Waals surface area (Å²) in [5.74, 6) is -1.51. The molecule has 2 aliphatic rings. The van der Waals surface area contributed by atoms with Crippen molar-refractivity contribution in [2.24, 2.45) is 0 Å². The number of piperidine rings is 1. The Morgan fingerprint density at radius 1 is 0.967 bits per heavy atom. The first-order valence-corrected chi connectivity index (χ1v) is 11.7. The molecule has 0 atom stereocenters. The molecule has 1 aromatic carbocycles. The highest BCUT2D eigenvalue weighted by molar-refractivity contribution is 7.89. The number of sulfonamides is 1. The lowest BCUT2D eigenvalue weighted by molar-refractivity contribution is -0.123. The first-order valence-electron chi connectivity index (χ1n) is 10.2. The zero-order chi connectivity index (χ0) is 21.6. The Kier molecular flexibility index (Phi) is 7.43. The fraction of sp³-hybridized carbons (Fsp3) is 0.550. The molecule has 0 spiro atoms. The van der Waals surface area contributed by atoms with Gasteiger partial charge < -0.3 is 10.1 Å². The second kappa shape index (κ2) is 10.0. The first kappa shape index (κ1) is 22.2. The van der Waals surface area contributed by atoms with Gasteiger partial charge in [0, 0.05) is 19.1 Å². The van der Waals surface area contributed by atoms with E-state index >= 15 is 0 Å². The van der Waals surface area contributed by atoms with Gasteiger partial charge in [-0.3, -0.25) is 10.1 Å². The number of imide groups is 1. The average Bonchev–Trinajstić information content (AvgIpc) is 3.25. The van der Waals surface area contributed by atoms with Gasteiger partial charge in [-0.05, 0) is 49.9 Å². The summed E-state index contributed by atoms with van der Waals surface area (Å²) in [4.78, 5) is 35.8. The Hall–Kier alpha value is -2.46. The quantitative estimate of drug-likeness (QED) is 0.655. The van der Waals surface area contributed by atoms with E-state index in [-0.39, 0.29) is 16.5 Å². The number of amides is 3. The summed E-state index contributed by atoms with van der Waals surface area (Å²) in [7, 11) is -3.58. The summed E-state index contributed by atoms with van der Waals surface area (Å²) in [6.45, 7) is 0.385. The fourth-order valence-electron chi connectivity index (χ4n) is 3.69. The van der Waals surface area contributed by atoms with E-state index in [1.54, 1.807) is 0 Å². The molecule has 1 aliphatic carbocycles. The Bertz CT molecular complexity index is 872. The maximum atomic E-state index is 12.6. The SMILES string of the molecule is O=C(COC(=O)c1ccc(S(=O)(=O)N2CCCCC2)cc1)NC(=O)NC1CCCC1. The molecule has 1 heterocycles. The van der Waals surface area contributed by atoms with E-state index in [9.17, 15) is 22.8 Å². The minimum atomic E-state index is -3.58. The molecule has 0 unspecified atom stereocenters. The van der Waals surface area contributed by atoms with Crippen LogP contribution in [0.15, 0.2) is 29.2 Å². The van der Waals surface area contributed by atoms with E-state index in [0.29, 0.717) is 13.1 Å². The topological polar surface area (TPSA) is 122 Å². The van der Waals surface area contributed by atoms with Crippen LogP contribution in [-0.2, 0) is 19.6 Å². The van der Waals surface area contributed by atoms with Gasteiger partial charge in [-0.15, -0.1) is 0 Å². The number of benzene rings is 1. The molecule has 1 aliphatic heterocycles. The molecule has 0 bridgehead atoms. The summed E-state index contributed by atoms with van der Waals surface area (Å²) in [5.41, 5.74) is 0.121. The van der Waals surface area contributed by atoms with E-state index in [4.69, 9.17) is 4.74 Å². The molecule has 9 nitrogen and oxygen atoms in total. The van der Waals surface area contributed by atoms with Gasteiger partial charge in [0.2, 0.25) is 10.0 Å². The van der Waals surface area contributed by atoms with Gasteiger partial charge in [-0.1, -0.05) is 19.3 Å². The molecule has 2 fully saturated rings. The van der Waals surface area contributed by atoms with Gasteiger partial charge in [0.1, 0.15) is 0 Å². The largest absolute Gasteiger partial charge is 0.452 e. The van der Waals surface area contributed by atoms with Crippen molar-refractivity contribution < 1.29 is 27.5 Å². The third-order valence-electron chi connectivity index (χ3n) is 5.32. The normalized spacial score (nSPS) is 18.0. The number of hydrogen-bond acceptors (Lipinski definition) is 6. The minimum Gasteiger partial charge on any atom is -0.452 e. The molecule has 1 saturated heterocycles. The molecule has 1 saturated carbocycles. The highest BCUT2D eigenvalue weighted by Gasteiger charge is 2.26. The van der Waals surface area contributed by atoms with Crippen molar-refractivity contribution in [2.45, 2.75) is 55.9 Å². The number of carbonyl (C=O) groups excluding carboxylic acids is 3. The Balaban J connectivity index is 1.48. The average molecular weight is 438 g/mol. The number of carbonyl (C=O) groups is 3. The zero-order valence-corrected chi connectivity index (χ0v) is 17.6. The third-order valence-corrected chi connectivity index (χ3v) is 7.23. The summed E-state index contributed by atoms with van der Waals surface area (Å²) in [6.07, 6.45) is 6.57. The lowest BCUT2D eigenvalue weighted by Gasteiger charge is -2.25. The number of esters is 1. The van der Waals surface area contributed by atoms with Gasteiger partial charge in [0.05, 0.1) is 10.5 Å². The van der Waals surface area contributed by atoms with Crippen LogP contribution in [-0.4, -0.2) is 56.4 Å². The van der Waals surface area contributed by atoms with E-state index in [1.807, 2.05) is 0 Å². The van der Waals surface area contributed by atoms with Crippen molar-refractivity contribution in [3.05, 3.63) is 29.8 Å². The van der Waals surface area contributed by atoms with E-state index < -0.39 is 34.5 Å². The van der Waals surface area contributed by atoms with Crippen LogP contribution in [0.25, 0.3) is 0 Å². The van der Waals surface area contributed by atoms with Gasteiger partial charge >= 0.3 is 12.0 Å². The van der Waals surface area contributed by atoms with Gasteiger partial charge in [0.25, 0.3) is 5.91 Å². The maximum Gasteiger partial charge on any atom is 0.338 e. The van der Waals surface area contributed by atoms with Gasteiger partial charge in [-0.2, -0.15) is 4.31 Å². The van der Waals surface area contributed by atoms with Gasteiger partial charge in [0.15, 0.2) is 6.61 Å². The van der Waals surface area contributed by atoms with Crippen molar-refractivity contribution >= 4 is 27.9 Å². The summed E-state index contributed by atoms with van der Waals surface area (Å²) < 4.78 is 31.6. The molecule has 0 radical (unpaired) electrons. The Labute approximate surface area is 176 Å². The number of nitrogens with zero attached hydrogens (tertiary/aromatic N) is 1. The molecule has 30 heavy (non-hydrogen) atoms. The first-order chi connectivity index (χ1) is 14.4. The molecule has 0 aromatic heterocycles. The van der Waals surface area contributed by atoms with Crippen LogP contribution in [0.2, 0.25) is 0 Å². The van der Waals surface area contributed by atoms with Crippen molar-refractivity contribution in [3.8, 4) is 0 Å². The van der Waals surface area contributed by atoms with Crippen molar-refractivity contribution in [1.82, 2.24) is 14.9 Å². The second-order valence-corrected chi connectivity index (χ2v) is 9.51. The van der Waals surface area contributed by atoms with E-state index in [2.05, 4.69) is 10.6 Å². The monoisotopic (exact) mass is 437 g/mol. The second-order valence-electron chi connectivity index (χ2n) is 7.57. The number of nitrogens with one attached hydrogen (secondary N) is 2. The summed E-state index contributed by atoms with van der Waals surface area (Å²) in [5, 5.41) is 4.83. The van der Waals surface area contributed by atoms with Crippen LogP contribution in [0.4, 0.5) is 4.79 Å². The number of hydrogen-bond donors (Lipinski definition) is 2. The summed E-state index contributed by atoms with van der Waals surface area (Å²) >= 11 is 0. The standard InChI is InChI=1S/C20H27N3O6S/c24-18(22-20(26)21-16-6-2-3-7-16)14-29-19(25)15-8-10-17(11-9-15)30(27,28)23-12-4-1-5-13-23/h8-11,16H,1-7,12-14H2,(H2,21,22,24,26). The van der Waals surface area contributed by atoms with Crippen LogP contribution < -0.4 is 10.6 Å². The Morgan fingerprint density at radius 2 is 1.60 bits per heavy atom. The van der Waals surface area contributed by atoms with E-state index in [1.165, 1.54) is 28.6 Å². The third kappa shape index (κ3) is 5.79. The highest BCUT2D eigenvalue weighted by atomic mass is 32.2. The van der Waals surface area contributed by atoms with Crippen LogP contribution in [0.1, 0.15) is 55.3 Å². The summed E-state index contributed by atoms with van der Waals surface area (Å²) in [6, 6.07) is 4.88. The molecular weight excluding hydrogens is 410 g/mol. The zero-order valence-electron chi connectivity index (χ0n) is 16.8. The number of urea groups is 1. The molecule has 1 aromatic rings. The van der Waals surface area contributed by atoms with Crippen molar-refractivity contribution in [2.75, 3.05) is 19.7 Å². The molecular formula is C20H27N3O6S. The molecule has 10 heteroatoms. The molecule has 3 rings (SSSR count). The number of rotatable bonds is 6. The Morgan fingerprint density at radius 3 is 2.23 bits per heavy atom. The molecule has 164 valence electrons. The predicted molar refractivity (Wildman–Crippen MR) is 108 cm³/mol. The lowest BCUT2D eigenvalue weighted by atomic mass is 10.2. The van der Waals surface area contributed by atoms with Crippen molar-refractivity contribution in [1.29, 1.82) is 0 Å². The van der Waals surface area contributed by atoms with Gasteiger partial charge in [-0.25, -0.2) is 18.0 Å². The minimum absolute atomic E-state index is 0.0695. The van der Waals surface area contributed by atoms with Crippen LogP contribution >= 0.6 is 0 Å².